The average molecular weight is 273 g/mol. The molecule has 2 rings (SSSR count). The van der Waals surface area contributed by atoms with E-state index in [4.69, 9.17) is 10.5 Å². The summed E-state index contributed by atoms with van der Waals surface area (Å²) in [6.07, 6.45) is 0. The molecule has 0 aliphatic heterocycles. The van der Waals surface area contributed by atoms with Crippen molar-refractivity contribution >= 4 is 11.7 Å². The molecule has 0 aliphatic carbocycles. The molecule has 5 heteroatoms. The molecule has 106 valence electrons. The number of nitrogen functional groups attached to an aromatic ring is 1. The van der Waals surface area contributed by atoms with Gasteiger partial charge < -0.3 is 10.5 Å². The van der Waals surface area contributed by atoms with Crippen molar-refractivity contribution in [2.75, 3.05) is 5.73 Å². The van der Waals surface area contributed by atoms with Crippen LogP contribution < -0.4 is 5.73 Å². The number of nitrogens with two attached hydrogens (primary N) is 1. The number of nitrogens with zero attached hydrogens (tertiary/aromatic N) is 2. The summed E-state index contributed by atoms with van der Waals surface area (Å²) in [4.78, 5) is 12.1. The zero-order valence-electron chi connectivity index (χ0n) is 12.2. The van der Waals surface area contributed by atoms with Gasteiger partial charge in [-0.2, -0.15) is 5.10 Å². The van der Waals surface area contributed by atoms with E-state index >= 15 is 0 Å². The molecule has 1 heterocycles. The van der Waals surface area contributed by atoms with Gasteiger partial charge in [0.25, 0.3) is 0 Å². The fraction of sp³-hybridized carbons (Fsp3) is 0.333. The summed E-state index contributed by atoms with van der Waals surface area (Å²) < 4.78 is 6.80. The predicted octanol–water partition coefficient (Wildman–Crippen LogP) is 2.28. The highest BCUT2D eigenvalue weighted by Gasteiger charge is 2.19. The summed E-state index contributed by atoms with van der Waals surface area (Å²) in [5.74, 6) is -0.452. The molecule has 5 nitrogen and oxygen atoms in total. The van der Waals surface area contributed by atoms with E-state index in [-0.39, 0.29) is 6.61 Å². The smallest absolute Gasteiger partial charge is 0.359 e. The summed E-state index contributed by atoms with van der Waals surface area (Å²) in [5, 5.41) is 4.11. The van der Waals surface area contributed by atoms with Crippen LogP contribution in [0.4, 0.5) is 5.69 Å². The number of aryl methyl sites for hydroxylation is 4. The first-order valence-corrected chi connectivity index (χ1v) is 6.42. The maximum atomic E-state index is 12.1. The number of rotatable bonds is 3. The summed E-state index contributed by atoms with van der Waals surface area (Å²) in [7, 11) is 1.68. The lowest BCUT2D eigenvalue weighted by molar-refractivity contribution is 0.0460. The number of anilines is 1. The second kappa shape index (κ2) is 5.36. The maximum Gasteiger partial charge on any atom is 0.359 e. The first-order chi connectivity index (χ1) is 9.40. The van der Waals surface area contributed by atoms with Crippen LogP contribution in [0.2, 0.25) is 0 Å². The van der Waals surface area contributed by atoms with Crippen molar-refractivity contribution in [3.8, 4) is 0 Å². The van der Waals surface area contributed by atoms with E-state index in [0.717, 1.165) is 16.7 Å². The van der Waals surface area contributed by atoms with Crippen LogP contribution in [0.25, 0.3) is 0 Å². The highest BCUT2D eigenvalue weighted by atomic mass is 16.5. The third kappa shape index (κ3) is 2.66. The maximum absolute atomic E-state index is 12.1. The van der Waals surface area contributed by atoms with Gasteiger partial charge in [0, 0.05) is 7.05 Å². The van der Waals surface area contributed by atoms with Crippen molar-refractivity contribution in [2.24, 2.45) is 7.05 Å². The Labute approximate surface area is 118 Å². The van der Waals surface area contributed by atoms with Gasteiger partial charge in [-0.05, 0) is 31.9 Å². The van der Waals surface area contributed by atoms with Gasteiger partial charge in [-0.3, -0.25) is 4.68 Å². The molecule has 2 aromatic rings. The largest absolute Gasteiger partial charge is 0.456 e. The molecule has 1 aromatic carbocycles. The lowest BCUT2D eigenvalue weighted by Gasteiger charge is -2.09. The van der Waals surface area contributed by atoms with E-state index in [0.29, 0.717) is 17.1 Å². The molecule has 0 bridgehead atoms. The number of esters is 1. The number of benzene rings is 1. The van der Waals surface area contributed by atoms with Crippen LogP contribution in [-0.2, 0) is 18.4 Å². The first-order valence-electron chi connectivity index (χ1n) is 6.42. The van der Waals surface area contributed by atoms with Gasteiger partial charge in [-0.25, -0.2) is 4.79 Å². The second-order valence-electron chi connectivity index (χ2n) is 4.98. The Balaban J connectivity index is 2.15. The molecule has 0 radical (unpaired) electrons. The number of carbonyl (C=O) groups excluding carboxylic acids is 1. The zero-order valence-corrected chi connectivity index (χ0v) is 12.2. The molecule has 0 spiro atoms. The summed E-state index contributed by atoms with van der Waals surface area (Å²) in [6.45, 7) is 5.99. The number of hydrogen-bond acceptors (Lipinski definition) is 4. The summed E-state index contributed by atoms with van der Waals surface area (Å²) in [6, 6.07) is 6.06. The minimum absolute atomic E-state index is 0.232. The van der Waals surface area contributed by atoms with Crippen molar-refractivity contribution in [1.82, 2.24) is 9.78 Å². The fourth-order valence-electron chi connectivity index (χ4n) is 2.08. The standard InChI is InChI=1S/C15H19N3O2/c1-9-5-6-10(2)12(7-9)8-20-15(19)14-13(16)11(3)17-18(14)4/h5-7H,8,16H2,1-4H3. The molecular formula is C15H19N3O2. The summed E-state index contributed by atoms with van der Waals surface area (Å²) >= 11 is 0. The SMILES string of the molecule is Cc1ccc(C)c(COC(=O)c2c(N)c(C)nn2C)c1. The average Bonchev–Trinajstić information content (AvgIpc) is 2.64. The molecule has 0 atom stereocenters. The second-order valence-corrected chi connectivity index (χ2v) is 4.98. The monoisotopic (exact) mass is 273 g/mol. The van der Waals surface area contributed by atoms with Gasteiger partial charge in [0.2, 0.25) is 0 Å². The highest BCUT2D eigenvalue weighted by molar-refractivity contribution is 5.93. The van der Waals surface area contributed by atoms with E-state index in [1.807, 2.05) is 32.0 Å². The van der Waals surface area contributed by atoms with Crippen LogP contribution in [-0.4, -0.2) is 15.7 Å². The molecule has 0 saturated carbocycles. The fourth-order valence-corrected chi connectivity index (χ4v) is 2.08. The predicted molar refractivity (Wildman–Crippen MR) is 77.4 cm³/mol. The van der Waals surface area contributed by atoms with E-state index in [2.05, 4.69) is 5.10 Å². The van der Waals surface area contributed by atoms with E-state index in [1.165, 1.54) is 4.68 Å². The Morgan fingerprint density at radius 1 is 1.35 bits per heavy atom. The van der Waals surface area contributed by atoms with Crippen molar-refractivity contribution in [1.29, 1.82) is 0 Å². The van der Waals surface area contributed by atoms with E-state index < -0.39 is 5.97 Å². The van der Waals surface area contributed by atoms with Crippen LogP contribution >= 0.6 is 0 Å². The molecule has 2 N–H and O–H groups in total. The molecule has 0 unspecified atom stereocenters. The Morgan fingerprint density at radius 3 is 2.65 bits per heavy atom. The number of ether oxygens (including phenoxy) is 1. The Hall–Kier alpha value is -2.30. The van der Waals surface area contributed by atoms with Crippen molar-refractivity contribution in [2.45, 2.75) is 27.4 Å². The molecular weight excluding hydrogens is 254 g/mol. The third-order valence-corrected chi connectivity index (χ3v) is 3.33. The van der Waals surface area contributed by atoms with Crippen LogP contribution in [0.1, 0.15) is 32.9 Å². The van der Waals surface area contributed by atoms with Crippen LogP contribution in [0.3, 0.4) is 0 Å². The first kappa shape index (κ1) is 14.1. The lowest BCUT2D eigenvalue weighted by Crippen LogP contribution is -2.13. The van der Waals surface area contributed by atoms with E-state index in [1.54, 1.807) is 14.0 Å². The zero-order chi connectivity index (χ0) is 14.9. The lowest BCUT2D eigenvalue weighted by atomic mass is 10.1. The number of aromatic nitrogens is 2. The molecule has 1 aromatic heterocycles. The minimum Gasteiger partial charge on any atom is -0.456 e. The van der Waals surface area contributed by atoms with Crippen molar-refractivity contribution in [3.05, 3.63) is 46.3 Å². The van der Waals surface area contributed by atoms with Crippen LogP contribution in [0, 0.1) is 20.8 Å². The Kier molecular flexibility index (Phi) is 3.79. The van der Waals surface area contributed by atoms with Gasteiger partial charge in [0.05, 0.1) is 11.4 Å². The molecule has 0 saturated heterocycles. The van der Waals surface area contributed by atoms with Gasteiger partial charge in [0.1, 0.15) is 6.61 Å². The highest BCUT2D eigenvalue weighted by Crippen LogP contribution is 2.18. The van der Waals surface area contributed by atoms with Gasteiger partial charge in [-0.15, -0.1) is 0 Å². The van der Waals surface area contributed by atoms with Gasteiger partial charge >= 0.3 is 5.97 Å². The third-order valence-electron chi connectivity index (χ3n) is 3.33. The summed E-state index contributed by atoms with van der Waals surface area (Å²) in [5.41, 5.74) is 10.4. The minimum atomic E-state index is -0.452. The molecule has 0 fully saturated rings. The topological polar surface area (TPSA) is 70.1 Å². The number of hydrogen-bond donors (Lipinski definition) is 1. The Bertz CT molecular complexity index is 659. The van der Waals surface area contributed by atoms with Crippen molar-refractivity contribution in [3.63, 3.8) is 0 Å². The normalized spacial score (nSPS) is 10.6. The molecule has 0 aliphatic rings. The molecule has 20 heavy (non-hydrogen) atoms. The van der Waals surface area contributed by atoms with Gasteiger partial charge in [-0.1, -0.05) is 23.8 Å². The van der Waals surface area contributed by atoms with Crippen LogP contribution in [0.15, 0.2) is 18.2 Å². The van der Waals surface area contributed by atoms with Crippen LogP contribution in [0.5, 0.6) is 0 Å². The molecule has 0 amide bonds. The number of carbonyl (C=O) groups is 1. The van der Waals surface area contributed by atoms with Crippen molar-refractivity contribution < 1.29 is 9.53 Å². The van der Waals surface area contributed by atoms with Gasteiger partial charge in [0.15, 0.2) is 5.69 Å². The Morgan fingerprint density at radius 2 is 2.05 bits per heavy atom. The van der Waals surface area contributed by atoms with E-state index in [9.17, 15) is 4.79 Å². The quantitative estimate of drug-likeness (QED) is 0.871.